The predicted molar refractivity (Wildman–Crippen MR) is 77.9 cm³/mol. The second-order valence-corrected chi connectivity index (χ2v) is 4.71. The van der Waals surface area contributed by atoms with E-state index in [2.05, 4.69) is 17.2 Å². The van der Waals surface area contributed by atoms with Crippen molar-refractivity contribution in [2.75, 3.05) is 6.54 Å². The average molecular weight is 277 g/mol. The number of rotatable bonds is 5. The van der Waals surface area contributed by atoms with Crippen molar-refractivity contribution in [3.05, 3.63) is 52.8 Å². The Morgan fingerprint density at radius 1 is 1.26 bits per heavy atom. The lowest BCUT2D eigenvalue weighted by Gasteiger charge is -2.12. The number of aromatic nitrogens is 1. The summed E-state index contributed by atoms with van der Waals surface area (Å²) in [5.41, 5.74) is 2.13. The largest absolute Gasteiger partial charge is 0.455 e. The molecule has 0 unspecified atom stereocenters. The van der Waals surface area contributed by atoms with Crippen LogP contribution in [0.5, 0.6) is 11.5 Å². The van der Waals surface area contributed by atoms with E-state index in [0.717, 1.165) is 30.0 Å². The minimum atomic E-state index is 0.617. The van der Waals surface area contributed by atoms with Crippen molar-refractivity contribution in [3.63, 3.8) is 0 Å². The summed E-state index contributed by atoms with van der Waals surface area (Å²) in [6, 6.07) is 7.60. The number of ether oxygens (including phenoxy) is 1. The van der Waals surface area contributed by atoms with Gasteiger partial charge in [0.1, 0.15) is 11.5 Å². The second kappa shape index (κ2) is 6.55. The highest BCUT2D eigenvalue weighted by Gasteiger charge is 2.07. The Balaban J connectivity index is 2.22. The summed E-state index contributed by atoms with van der Waals surface area (Å²) in [5, 5.41) is 3.88. The number of halogens is 1. The zero-order chi connectivity index (χ0) is 13.7. The van der Waals surface area contributed by atoms with Gasteiger partial charge in [-0.25, -0.2) is 0 Å². The first-order valence-electron chi connectivity index (χ1n) is 6.28. The van der Waals surface area contributed by atoms with Crippen molar-refractivity contribution in [2.45, 2.75) is 20.4 Å². The Labute approximate surface area is 118 Å². The molecule has 0 aliphatic heterocycles. The van der Waals surface area contributed by atoms with E-state index in [-0.39, 0.29) is 0 Å². The molecule has 1 aromatic carbocycles. The molecular formula is C15H17ClN2O. The van der Waals surface area contributed by atoms with Gasteiger partial charge in [-0.2, -0.15) is 0 Å². The third-order valence-electron chi connectivity index (χ3n) is 2.73. The van der Waals surface area contributed by atoms with Crippen LogP contribution < -0.4 is 10.1 Å². The van der Waals surface area contributed by atoms with Crippen LogP contribution >= 0.6 is 11.6 Å². The number of hydrogen-bond donors (Lipinski definition) is 1. The second-order valence-electron chi connectivity index (χ2n) is 4.30. The Morgan fingerprint density at radius 3 is 2.84 bits per heavy atom. The van der Waals surface area contributed by atoms with Gasteiger partial charge in [0.05, 0.1) is 5.02 Å². The fourth-order valence-corrected chi connectivity index (χ4v) is 1.99. The van der Waals surface area contributed by atoms with Gasteiger partial charge in [-0.1, -0.05) is 24.6 Å². The summed E-state index contributed by atoms with van der Waals surface area (Å²) in [5.74, 6) is 1.44. The molecule has 0 amide bonds. The minimum Gasteiger partial charge on any atom is -0.455 e. The van der Waals surface area contributed by atoms with Crippen LogP contribution in [0.15, 0.2) is 36.7 Å². The van der Waals surface area contributed by atoms with Crippen LogP contribution in [0.2, 0.25) is 5.02 Å². The average Bonchev–Trinajstić information content (AvgIpc) is 2.41. The molecule has 0 atom stereocenters. The van der Waals surface area contributed by atoms with Gasteiger partial charge < -0.3 is 10.1 Å². The Kier molecular flexibility index (Phi) is 4.77. The molecule has 0 spiro atoms. The van der Waals surface area contributed by atoms with Crippen molar-refractivity contribution >= 4 is 11.6 Å². The molecule has 3 nitrogen and oxygen atoms in total. The van der Waals surface area contributed by atoms with Crippen molar-refractivity contribution in [2.24, 2.45) is 0 Å². The first-order chi connectivity index (χ1) is 9.20. The molecule has 2 aromatic rings. The number of benzene rings is 1. The lowest BCUT2D eigenvalue weighted by Crippen LogP contribution is -2.12. The van der Waals surface area contributed by atoms with E-state index in [9.17, 15) is 0 Å². The van der Waals surface area contributed by atoms with E-state index in [1.54, 1.807) is 12.4 Å². The number of pyridine rings is 1. The fourth-order valence-electron chi connectivity index (χ4n) is 1.71. The van der Waals surface area contributed by atoms with Gasteiger partial charge >= 0.3 is 0 Å². The summed E-state index contributed by atoms with van der Waals surface area (Å²) in [7, 11) is 0. The van der Waals surface area contributed by atoms with E-state index in [0.29, 0.717) is 10.8 Å². The van der Waals surface area contributed by atoms with Crippen LogP contribution in [0.25, 0.3) is 0 Å². The van der Waals surface area contributed by atoms with Crippen LogP contribution in [0.1, 0.15) is 18.1 Å². The number of aryl methyl sites for hydroxylation is 1. The van der Waals surface area contributed by atoms with Gasteiger partial charge in [0.15, 0.2) is 0 Å². The molecule has 1 aromatic heterocycles. The molecule has 0 aliphatic carbocycles. The van der Waals surface area contributed by atoms with Crippen molar-refractivity contribution in [3.8, 4) is 11.5 Å². The molecule has 4 heteroatoms. The monoisotopic (exact) mass is 276 g/mol. The normalized spacial score (nSPS) is 10.5. The highest BCUT2D eigenvalue weighted by atomic mass is 35.5. The third-order valence-corrected chi connectivity index (χ3v) is 3.03. The summed E-state index contributed by atoms with van der Waals surface area (Å²) >= 11 is 6.18. The molecule has 2 rings (SSSR count). The number of hydrogen-bond acceptors (Lipinski definition) is 3. The van der Waals surface area contributed by atoms with E-state index >= 15 is 0 Å². The Morgan fingerprint density at radius 2 is 2.11 bits per heavy atom. The van der Waals surface area contributed by atoms with Crippen molar-refractivity contribution in [1.29, 1.82) is 0 Å². The lowest BCUT2D eigenvalue weighted by molar-refractivity contribution is 0.472. The van der Waals surface area contributed by atoms with Gasteiger partial charge in [0, 0.05) is 24.5 Å². The molecule has 1 N–H and O–H groups in total. The summed E-state index contributed by atoms with van der Waals surface area (Å²) in [6.07, 6.45) is 3.52. The topological polar surface area (TPSA) is 34.2 Å². The van der Waals surface area contributed by atoms with Crippen LogP contribution in [0.3, 0.4) is 0 Å². The van der Waals surface area contributed by atoms with E-state index in [4.69, 9.17) is 16.3 Å². The Bertz CT molecular complexity index is 558. The number of nitrogens with one attached hydrogen (secondary N) is 1. The molecular weight excluding hydrogens is 260 g/mol. The highest BCUT2D eigenvalue weighted by Crippen LogP contribution is 2.31. The molecule has 0 radical (unpaired) electrons. The SMILES string of the molecule is CCNCc1cnccc1Oc1ccc(C)cc1Cl. The summed E-state index contributed by atoms with van der Waals surface area (Å²) in [4.78, 5) is 4.12. The van der Waals surface area contributed by atoms with Crippen LogP contribution in [-0.2, 0) is 6.54 Å². The van der Waals surface area contributed by atoms with Gasteiger partial charge in [-0.3, -0.25) is 4.98 Å². The maximum absolute atomic E-state index is 6.18. The standard InChI is InChI=1S/C15H17ClN2O/c1-3-17-9-12-10-18-7-6-14(12)19-15-5-4-11(2)8-13(15)16/h4-8,10,17H,3,9H2,1-2H3. The molecule has 0 fully saturated rings. The number of nitrogens with zero attached hydrogens (tertiary/aromatic N) is 1. The molecule has 0 bridgehead atoms. The third kappa shape index (κ3) is 3.69. The molecule has 0 saturated heterocycles. The summed E-state index contributed by atoms with van der Waals surface area (Å²) < 4.78 is 5.88. The maximum atomic E-state index is 6.18. The van der Waals surface area contributed by atoms with Crippen LogP contribution in [0.4, 0.5) is 0 Å². The molecule has 0 aliphatic rings. The first-order valence-corrected chi connectivity index (χ1v) is 6.66. The molecule has 1 heterocycles. The fraction of sp³-hybridized carbons (Fsp3) is 0.267. The van der Waals surface area contributed by atoms with Gasteiger partial charge in [0.25, 0.3) is 0 Å². The Hall–Kier alpha value is -1.58. The van der Waals surface area contributed by atoms with Crippen LogP contribution in [0, 0.1) is 6.92 Å². The zero-order valence-electron chi connectivity index (χ0n) is 11.1. The van der Waals surface area contributed by atoms with Crippen molar-refractivity contribution < 1.29 is 4.74 Å². The van der Waals surface area contributed by atoms with E-state index in [1.807, 2.05) is 31.2 Å². The van der Waals surface area contributed by atoms with Gasteiger partial charge in [-0.05, 0) is 37.2 Å². The smallest absolute Gasteiger partial charge is 0.146 e. The van der Waals surface area contributed by atoms with E-state index in [1.165, 1.54) is 0 Å². The summed E-state index contributed by atoms with van der Waals surface area (Å²) in [6.45, 7) is 5.69. The highest BCUT2D eigenvalue weighted by molar-refractivity contribution is 6.32. The lowest BCUT2D eigenvalue weighted by atomic mass is 10.2. The molecule has 0 saturated carbocycles. The van der Waals surface area contributed by atoms with E-state index < -0.39 is 0 Å². The predicted octanol–water partition coefficient (Wildman–Crippen LogP) is 3.95. The zero-order valence-corrected chi connectivity index (χ0v) is 11.9. The maximum Gasteiger partial charge on any atom is 0.146 e. The van der Waals surface area contributed by atoms with Gasteiger partial charge in [0.2, 0.25) is 0 Å². The molecule has 19 heavy (non-hydrogen) atoms. The quantitative estimate of drug-likeness (QED) is 0.898. The van der Waals surface area contributed by atoms with Gasteiger partial charge in [-0.15, -0.1) is 0 Å². The van der Waals surface area contributed by atoms with Crippen molar-refractivity contribution in [1.82, 2.24) is 10.3 Å². The minimum absolute atomic E-state index is 0.617. The van der Waals surface area contributed by atoms with Crippen LogP contribution in [-0.4, -0.2) is 11.5 Å². The molecule has 100 valence electrons. The first kappa shape index (κ1) is 13.8.